The van der Waals surface area contributed by atoms with Gasteiger partial charge in [0.1, 0.15) is 5.56 Å². The molecule has 1 aliphatic carbocycles. The van der Waals surface area contributed by atoms with E-state index in [0.717, 1.165) is 25.7 Å². The maximum absolute atomic E-state index is 12.4. The van der Waals surface area contributed by atoms with Crippen LogP contribution >= 0.6 is 0 Å². The molecule has 0 radical (unpaired) electrons. The number of carbonyl (C=O) groups excluding carboxylic acids is 1. The van der Waals surface area contributed by atoms with E-state index in [0.29, 0.717) is 5.92 Å². The molecule has 0 aliphatic heterocycles. The zero-order chi connectivity index (χ0) is 15.5. The fourth-order valence-corrected chi connectivity index (χ4v) is 3.88. The molecule has 2 N–H and O–H groups in total. The van der Waals surface area contributed by atoms with Crippen LogP contribution in [0.3, 0.4) is 0 Å². The van der Waals surface area contributed by atoms with Gasteiger partial charge in [0.25, 0.3) is 10.0 Å². The SMILES string of the molecule is CCOC(=O)c1cn[nH]c1S(=O)(=O)NC1CCC(C)CC1. The van der Waals surface area contributed by atoms with Gasteiger partial charge < -0.3 is 4.74 Å². The smallest absolute Gasteiger partial charge is 0.342 e. The number of hydrogen-bond acceptors (Lipinski definition) is 5. The van der Waals surface area contributed by atoms with Crippen LogP contribution in [0.25, 0.3) is 0 Å². The first-order valence-electron chi connectivity index (χ1n) is 7.17. The third-order valence-corrected chi connectivity index (χ3v) is 5.20. The van der Waals surface area contributed by atoms with E-state index in [1.807, 2.05) is 0 Å². The summed E-state index contributed by atoms with van der Waals surface area (Å²) in [5.74, 6) is -0.0584. The zero-order valence-electron chi connectivity index (χ0n) is 12.3. The summed E-state index contributed by atoms with van der Waals surface area (Å²) >= 11 is 0. The Labute approximate surface area is 124 Å². The molecule has 0 amide bonds. The minimum Gasteiger partial charge on any atom is -0.462 e. The summed E-state index contributed by atoms with van der Waals surface area (Å²) in [6.45, 7) is 4.00. The van der Waals surface area contributed by atoms with E-state index in [-0.39, 0.29) is 23.2 Å². The molecule has 1 fully saturated rings. The van der Waals surface area contributed by atoms with Gasteiger partial charge >= 0.3 is 5.97 Å². The molecule has 0 spiro atoms. The molecule has 1 saturated carbocycles. The van der Waals surface area contributed by atoms with Crippen molar-refractivity contribution >= 4 is 16.0 Å². The van der Waals surface area contributed by atoms with Crippen LogP contribution in [0.1, 0.15) is 49.9 Å². The Morgan fingerprint density at radius 2 is 2.10 bits per heavy atom. The Hall–Kier alpha value is -1.41. The molecule has 0 bridgehead atoms. The van der Waals surface area contributed by atoms with E-state index >= 15 is 0 Å². The summed E-state index contributed by atoms with van der Waals surface area (Å²) in [6, 6.07) is -0.0930. The van der Waals surface area contributed by atoms with Gasteiger partial charge in [-0.3, -0.25) is 5.10 Å². The second-order valence-electron chi connectivity index (χ2n) is 5.41. The first-order valence-corrected chi connectivity index (χ1v) is 8.65. The molecule has 21 heavy (non-hydrogen) atoms. The van der Waals surface area contributed by atoms with Crippen LogP contribution in [-0.2, 0) is 14.8 Å². The zero-order valence-corrected chi connectivity index (χ0v) is 13.1. The molecule has 1 aromatic heterocycles. The Morgan fingerprint density at radius 3 is 2.71 bits per heavy atom. The molecule has 2 rings (SSSR count). The number of aromatic amines is 1. The van der Waals surface area contributed by atoms with Crippen molar-refractivity contribution in [1.29, 1.82) is 0 Å². The Bertz CT molecular complexity index is 588. The number of ether oxygens (including phenoxy) is 1. The fraction of sp³-hybridized carbons (Fsp3) is 0.692. The lowest BCUT2D eigenvalue weighted by Gasteiger charge is -2.26. The van der Waals surface area contributed by atoms with Crippen LogP contribution in [0.5, 0.6) is 0 Å². The van der Waals surface area contributed by atoms with E-state index in [2.05, 4.69) is 21.8 Å². The lowest BCUT2D eigenvalue weighted by molar-refractivity contribution is 0.0522. The van der Waals surface area contributed by atoms with E-state index in [4.69, 9.17) is 4.74 Å². The maximum atomic E-state index is 12.4. The van der Waals surface area contributed by atoms with Crippen LogP contribution in [0.4, 0.5) is 0 Å². The van der Waals surface area contributed by atoms with Crippen molar-refractivity contribution in [2.45, 2.75) is 50.6 Å². The summed E-state index contributed by atoms with van der Waals surface area (Å²) < 4.78 is 32.2. The van der Waals surface area contributed by atoms with Crippen LogP contribution in [0, 0.1) is 5.92 Å². The van der Waals surface area contributed by atoms with Gasteiger partial charge in [-0.15, -0.1) is 0 Å². The summed E-state index contributed by atoms with van der Waals surface area (Å²) in [6.07, 6.45) is 4.80. The largest absolute Gasteiger partial charge is 0.462 e. The lowest BCUT2D eigenvalue weighted by atomic mass is 9.88. The van der Waals surface area contributed by atoms with Crippen LogP contribution in [0.15, 0.2) is 11.2 Å². The normalized spacial score (nSPS) is 23.0. The van der Waals surface area contributed by atoms with E-state index in [9.17, 15) is 13.2 Å². The minimum atomic E-state index is -3.80. The van der Waals surface area contributed by atoms with Gasteiger partial charge in [-0.2, -0.15) is 5.10 Å². The van der Waals surface area contributed by atoms with Gasteiger partial charge in [-0.1, -0.05) is 6.92 Å². The van der Waals surface area contributed by atoms with E-state index in [1.165, 1.54) is 6.20 Å². The molecule has 0 saturated heterocycles. The van der Waals surface area contributed by atoms with Crippen molar-refractivity contribution in [3.05, 3.63) is 11.8 Å². The van der Waals surface area contributed by atoms with E-state index in [1.54, 1.807) is 6.92 Å². The molecule has 0 unspecified atom stereocenters. The Balaban J connectivity index is 2.13. The second kappa shape index (κ2) is 6.57. The first-order chi connectivity index (χ1) is 9.94. The molecule has 8 heteroatoms. The highest BCUT2D eigenvalue weighted by Gasteiger charge is 2.29. The van der Waals surface area contributed by atoms with Gasteiger partial charge in [0.2, 0.25) is 0 Å². The van der Waals surface area contributed by atoms with Gasteiger partial charge in [0, 0.05) is 6.04 Å². The average Bonchev–Trinajstić information content (AvgIpc) is 2.92. The van der Waals surface area contributed by atoms with E-state index < -0.39 is 16.0 Å². The number of carbonyl (C=O) groups is 1. The molecular formula is C13H21N3O4S. The maximum Gasteiger partial charge on any atom is 0.342 e. The van der Waals surface area contributed by atoms with Crippen molar-refractivity contribution < 1.29 is 17.9 Å². The van der Waals surface area contributed by atoms with Gasteiger partial charge in [-0.25, -0.2) is 17.9 Å². The quantitative estimate of drug-likeness (QED) is 0.801. The molecule has 1 heterocycles. The van der Waals surface area contributed by atoms with Crippen molar-refractivity contribution in [2.24, 2.45) is 5.92 Å². The highest BCUT2D eigenvalue weighted by atomic mass is 32.2. The molecule has 0 atom stereocenters. The van der Waals surface area contributed by atoms with Crippen LogP contribution < -0.4 is 4.72 Å². The van der Waals surface area contributed by atoms with Crippen molar-refractivity contribution in [3.63, 3.8) is 0 Å². The number of esters is 1. The number of nitrogens with one attached hydrogen (secondary N) is 2. The van der Waals surface area contributed by atoms with Crippen LogP contribution in [0.2, 0.25) is 0 Å². The number of aromatic nitrogens is 2. The van der Waals surface area contributed by atoms with Gasteiger partial charge in [0.05, 0.1) is 12.8 Å². The summed E-state index contributed by atoms with van der Waals surface area (Å²) in [5, 5.41) is 5.81. The third kappa shape index (κ3) is 3.82. The van der Waals surface area contributed by atoms with Crippen LogP contribution in [-0.4, -0.2) is 37.2 Å². The Morgan fingerprint density at radius 1 is 1.43 bits per heavy atom. The molecule has 7 nitrogen and oxygen atoms in total. The third-order valence-electron chi connectivity index (χ3n) is 3.71. The summed E-state index contributed by atoms with van der Waals surface area (Å²) in [7, 11) is -3.80. The monoisotopic (exact) mass is 315 g/mol. The fourth-order valence-electron chi connectivity index (χ4n) is 2.49. The molecular weight excluding hydrogens is 294 g/mol. The van der Waals surface area contributed by atoms with Gasteiger partial charge in [-0.05, 0) is 38.5 Å². The van der Waals surface area contributed by atoms with Crippen molar-refractivity contribution in [2.75, 3.05) is 6.61 Å². The number of sulfonamides is 1. The number of H-pyrrole nitrogens is 1. The lowest BCUT2D eigenvalue weighted by Crippen LogP contribution is -2.38. The average molecular weight is 315 g/mol. The topological polar surface area (TPSA) is 101 Å². The molecule has 1 aliphatic rings. The highest BCUT2D eigenvalue weighted by molar-refractivity contribution is 7.89. The first kappa shape index (κ1) is 16.0. The summed E-state index contributed by atoms with van der Waals surface area (Å²) in [4.78, 5) is 11.7. The second-order valence-corrected chi connectivity index (χ2v) is 7.06. The summed E-state index contributed by atoms with van der Waals surface area (Å²) in [5.41, 5.74) is -0.0615. The predicted molar refractivity (Wildman–Crippen MR) is 76.3 cm³/mol. The standard InChI is InChI=1S/C13H21N3O4S/c1-3-20-13(17)11-8-14-15-12(11)21(18,19)16-10-6-4-9(2)5-7-10/h8-10,16H,3-7H2,1-2H3,(H,14,15). The minimum absolute atomic E-state index is 0.0615. The highest BCUT2D eigenvalue weighted by Crippen LogP contribution is 2.25. The van der Waals surface area contributed by atoms with Crippen molar-refractivity contribution in [1.82, 2.24) is 14.9 Å². The molecule has 118 valence electrons. The number of rotatable bonds is 5. The predicted octanol–water partition coefficient (Wildman–Crippen LogP) is 1.44. The molecule has 1 aromatic rings. The van der Waals surface area contributed by atoms with Crippen molar-refractivity contribution in [3.8, 4) is 0 Å². The Kier molecular flexibility index (Phi) is 5.00. The molecule has 0 aromatic carbocycles. The number of nitrogens with zero attached hydrogens (tertiary/aromatic N) is 1. The van der Waals surface area contributed by atoms with Gasteiger partial charge in [0.15, 0.2) is 5.03 Å². The number of hydrogen-bond donors (Lipinski definition) is 2.